The van der Waals surface area contributed by atoms with Crippen LogP contribution < -0.4 is 0 Å². The fourth-order valence-corrected chi connectivity index (χ4v) is 5.47. The summed E-state index contributed by atoms with van der Waals surface area (Å²) in [7, 11) is 0. The molecular weight excluding hydrogens is 286 g/mol. The Bertz CT molecular complexity index is 528. The monoisotopic (exact) mass is 307 g/mol. The summed E-state index contributed by atoms with van der Waals surface area (Å²) in [4.78, 5) is 17.1. The zero-order valence-corrected chi connectivity index (χ0v) is 12.9. The molecule has 2 aliphatic carbocycles. The number of esters is 1. The second-order valence-electron chi connectivity index (χ2n) is 6.54. The lowest BCUT2D eigenvalue weighted by Gasteiger charge is -2.35. The Morgan fingerprint density at radius 3 is 2.71 bits per heavy atom. The van der Waals surface area contributed by atoms with Crippen LogP contribution in [0.4, 0.5) is 0 Å². The maximum absolute atomic E-state index is 12.3. The van der Waals surface area contributed by atoms with Crippen LogP contribution in [0.5, 0.6) is 0 Å². The molecule has 4 aliphatic rings. The van der Waals surface area contributed by atoms with Gasteiger partial charge in [-0.05, 0) is 32.1 Å². The normalized spacial score (nSPS) is 39.4. The van der Waals surface area contributed by atoms with E-state index in [1.54, 1.807) is 11.8 Å². The number of hydrogen-bond donors (Lipinski definition) is 1. The van der Waals surface area contributed by atoms with Gasteiger partial charge in [0.15, 0.2) is 0 Å². The maximum atomic E-state index is 12.3. The van der Waals surface area contributed by atoms with Gasteiger partial charge >= 0.3 is 5.97 Å². The first-order chi connectivity index (χ1) is 10.2. The number of aliphatic hydroxyl groups is 1. The fraction of sp³-hybridized carbons (Fsp3) is 0.750. The molecule has 4 atom stereocenters. The molecule has 0 radical (unpaired) electrons. The van der Waals surface area contributed by atoms with Gasteiger partial charge in [-0.1, -0.05) is 19.3 Å². The Morgan fingerprint density at radius 2 is 1.86 bits per heavy atom. The van der Waals surface area contributed by atoms with Crippen LogP contribution in [-0.2, 0) is 9.53 Å². The summed E-state index contributed by atoms with van der Waals surface area (Å²) in [5.74, 6) is -0.112. The molecule has 0 spiro atoms. The van der Waals surface area contributed by atoms with Gasteiger partial charge in [0.05, 0.1) is 12.0 Å². The Morgan fingerprint density at radius 1 is 1.10 bits per heavy atom. The van der Waals surface area contributed by atoms with Crippen molar-refractivity contribution in [3.63, 3.8) is 0 Å². The largest absolute Gasteiger partial charge is 0.511 e. The molecule has 4 nitrogen and oxygen atoms in total. The smallest absolute Gasteiger partial charge is 0.344 e. The number of carbonyl (C=O) groups excluding carboxylic acids is 1. The third kappa shape index (κ3) is 2.30. The summed E-state index contributed by atoms with van der Waals surface area (Å²) < 4.78 is 5.59. The summed E-state index contributed by atoms with van der Waals surface area (Å²) in [6.07, 6.45) is 8.59. The summed E-state index contributed by atoms with van der Waals surface area (Å²) in [6.45, 7) is 0. The SMILES string of the molecule is O=C1OC2CCCCC2C(O)=C1C1=NC2CCCCC2S1. The first-order valence-electron chi connectivity index (χ1n) is 8.13. The highest BCUT2D eigenvalue weighted by Gasteiger charge is 2.44. The topological polar surface area (TPSA) is 58.9 Å². The Hall–Kier alpha value is -0.970. The lowest BCUT2D eigenvalue weighted by molar-refractivity contribution is -0.151. The summed E-state index contributed by atoms with van der Waals surface area (Å²) in [6, 6.07) is 0.330. The molecule has 4 unspecified atom stereocenters. The lowest BCUT2D eigenvalue weighted by atomic mass is 9.82. The van der Waals surface area contributed by atoms with Crippen molar-refractivity contribution in [3.8, 4) is 0 Å². The third-order valence-corrected chi connectivity index (χ3v) is 6.59. The van der Waals surface area contributed by atoms with Gasteiger partial charge in [-0.2, -0.15) is 0 Å². The van der Waals surface area contributed by atoms with Crippen LogP contribution in [0, 0.1) is 5.92 Å². The number of ether oxygens (including phenoxy) is 1. The highest BCUT2D eigenvalue weighted by atomic mass is 32.2. The van der Waals surface area contributed by atoms with E-state index in [0.717, 1.165) is 43.6 Å². The zero-order valence-electron chi connectivity index (χ0n) is 12.1. The minimum Gasteiger partial charge on any atom is -0.511 e. The van der Waals surface area contributed by atoms with E-state index in [-0.39, 0.29) is 23.8 Å². The highest BCUT2D eigenvalue weighted by Crippen LogP contribution is 2.43. The minimum absolute atomic E-state index is 0.00243. The molecule has 2 saturated carbocycles. The van der Waals surface area contributed by atoms with E-state index < -0.39 is 0 Å². The highest BCUT2D eigenvalue weighted by molar-refractivity contribution is 8.15. The van der Waals surface area contributed by atoms with E-state index in [1.165, 1.54) is 12.8 Å². The molecule has 21 heavy (non-hydrogen) atoms. The summed E-state index contributed by atoms with van der Waals surface area (Å²) in [5, 5.41) is 11.8. The second-order valence-corrected chi connectivity index (χ2v) is 7.77. The van der Waals surface area contributed by atoms with E-state index >= 15 is 0 Å². The Labute approximate surface area is 129 Å². The van der Waals surface area contributed by atoms with Crippen molar-refractivity contribution in [1.82, 2.24) is 0 Å². The number of fused-ring (bicyclic) bond motifs is 2. The predicted octanol–water partition coefficient (Wildman–Crippen LogP) is 3.37. The van der Waals surface area contributed by atoms with Gasteiger partial charge in [-0.3, -0.25) is 4.99 Å². The van der Waals surface area contributed by atoms with Crippen LogP contribution in [0.2, 0.25) is 0 Å². The van der Waals surface area contributed by atoms with Crippen molar-refractivity contribution in [2.45, 2.75) is 68.8 Å². The third-order valence-electron chi connectivity index (χ3n) is 5.20. The Balaban J connectivity index is 1.65. The molecular formula is C16H21NO3S. The van der Waals surface area contributed by atoms with Gasteiger partial charge < -0.3 is 9.84 Å². The standard InChI is InChI=1S/C16H21NO3S/c18-14-9-5-1-3-7-11(9)20-16(19)13(14)15-17-10-6-2-4-8-12(10)21-15/h9-12,18H,1-8H2. The maximum Gasteiger partial charge on any atom is 0.344 e. The van der Waals surface area contributed by atoms with Gasteiger partial charge in [0.1, 0.15) is 22.5 Å². The van der Waals surface area contributed by atoms with Crippen LogP contribution in [0.25, 0.3) is 0 Å². The van der Waals surface area contributed by atoms with E-state index in [1.807, 2.05) is 0 Å². The van der Waals surface area contributed by atoms with Crippen molar-refractivity contribution in [1.29, 1.82) is 0 Å². The van der Waals surface area contributed by atoms with E-state index in [0.29, 0.717) is 16.9 Å². The van der Waals surface area contributed by atoms with Crippen molar-refractivity contribution in [2.24, 2.45) is 10.9 Å². The first-order valence-corrected chi connectivity index (χ1v) is 9.01. The van der Waals surface area contributed by atoms with E-state index in [2.05, 4.69) is 0 Å². The molecule has 0 aromatic rings. The molecule has 114 valence electrons. The van der Waals surface area contributed by atoms with E-state index in [4.69, 9.17) is 9.73 Å². The zero-order chi connectivity index (χ0) is 14.4. The average molecular weight is 307 g/mol. The fourth-order valence-electron chi connectivity index (χ4n) is 4.04. The predicted molar refractivity (Wildman–Crippen MR) is 82.6 cm³/mol. The number of nitrogens with zero attached hydrogens (tertiary/aromatic N) is 1. The minimum atomic E-state index is -0.361. The van der Waals surface area contributed by atoms with Gasteiger partial charge in [0.2, 0.25) is 0 Å². The van der Waals surface area contributed by atoms with Gasteiger partial charge in [-0.15, -0.1) is 11.8 Å². The molecule has 1 N–H and O–H groups in total. The van der Waals surface area contributed by atoms with E-state index in [9.17, 15) is 9.90 Å². The summed E-state index contributed by atoms with van der Waals surface area (Å²) >= 11 is 1.68. The molecule has 0 aromatic heterocycles. The number of aliphatic hydroxyl groups excluding tert-OH is 1. The van der Waals surface area contributed by atoms with Crippen molar-refractivity contribution in [2.75, 3.05) is 0 Å². The second kappa shape index (κ2) is 5.34. The van der Waals surface area contributed by atoms with Crippen molar-refractivity contribution >= 4 is 22.8 Å². The molecule has 5 heteroatoms. The molecule has 2 fully saturated rings. The van der Waals surface area contributed by atoms with Gasteiger partial charge in [0, 0.05) is 5.25 Å². The number of aliphatic imine (C=N–C) groups is 1. The van der Waals surface area contributed by atoms with Crippen molar-refractivity contribution in [3.05, 3.63) is 11.3 Å². The van der Waals surface area contributed by atoms with Crippen LogP contribution in [0.1, 0.15) is 51.4 Å². The number of carbonyl (C=O) groups is 1. The van der Waals surface area contributed by atoms with Crippen LogP contribution in [-0.4, -0.2) is 33.5 Å². The average Bonchev–Trinajstić information content (AvgIpc) is 2.90. The van der Waals surface area contributed by atoms with Crippen LogP contribution >= 0.6 is 11.8 Å². The quantitative estimate of drug-likeness (QED) is 0.755. The van der Waals surface area contributed by atoms with Gasteiger partial charge in [-0.25, -0.2) is 4.79 Å². The molecule has 0 bridgehead atoms. The molecule has 2 heterocycles. The first kappa shape index (κ1) is 13.7. The number of thioether (sulfide) groups is 1. The molecule has 0 aromatic carbocycles. The summed E-state index contributed by atoms with van der Waals surface area (Å²) in [5.41, 5.74) is 0.373. The van der Waals surface area contributed by atoms with Crippen molar-refractivity contribution < 1.29 is 14.6 Å². The number of hydrogen-bond acceptors (Lipinski definition) is 5. The number of rotatable bonds is 1. The molecule has 0 amide bonds. The molecule has 4 rings (SSSR count). The van der Waals surface area contributed by atoms with Gasteiger partial charge in [0.25, 0.3) is 0 Å². The van der Waals surface area contributed by atoms with Crippen LogP contribution in [0.3, 0.4) is 0 Å². The molecule has 2 aliphatic heterocycles. The van der Waals surface area contributed by atoms with Crippen LogP contribution in [0.15, 0.2) is 16.3 Å². The lowest BCUT2D eigenvalue weighted by Crippen LogP contribution is -2.38. The molecule has 0 saturated heterocycles. The Kier molecular flexibility index (Phi) is 3.48.